The number of carbonyl (C=O) groups excluding carboxylic acids is 1. The third kappa shape index (κ3) is 6.80. The lowest BCUT2D eigenvalue weighted by Crippen LogP contribution is -2.42. The first-order valence-electron chi connectivity index (χ1n) is 11.6. The number of para-hydroxylation sites is 1. The van der Waals surface area contributed by atoms with Gasteiger partial charge < -0.3 is 5.32 Å². The van der Waals surface area contributed by atoms with E-state index in [9.17, 15) is 21.6 Å². The summed E-state index contributed by atoms with van der Waals surface area (Å²) in [4.78, 5) is 12.8. The number of hydrogen-bond donors (Lipinski definition) is 2. The van der Waals surface area contributed by atoms with Crippen molar-refractivity contribution in [1.29, 1.82) is 0 Å². The Morgan fingerprint density at radius 3 is 2.00 bits per heavy atom. The van der Waals surface area contributed by atoms with Crippen molar-refractivity contribution in [1.82, 2.24) is 4.31 Å². The maximum absolute atomic E-state index is 12.9. The van der Waals surface area contributed by atoms with E-state index in [1.807, 2.05) is 0 Å². The molecule has 202 valence electrons. The van der Waals surface area contributed by atoms with Crippen molar-refractivity contribution in [3.63, 3.8) is 0 Å². The summed E-state index contributed by atoms with van der Waals surface area (Å²) >= 11 is 18.3. The molecule has 1 saturated heterocycles. The van der Waals surface area contributed by atoms with E-state index in [0.717, 1.165) is 0 Å². The van der Waals surface area contributed by atoms with Gasteiger partial charge in [-0.2, -0.15) is 0 Å². The van der Waals surface area contributed by atoms with Gasteiger partial charge in [0.05, 0.1) is 21.4 Å². The van der Waals surface area contributed by atoms with Crippen molar-refractivity contribution in [2.24, 2.45) is 5.92 Å². The Balaban J connectivity index is 1.33. The van der Waals surface area contributed by atoms with Crippen molar-refractivity contribution in [3.8, 4) is 0 Å². The number of benzene rings is 3. The van der Waals surface area contributed by atoms with Gasteiger partial charge >= 0.3 is 0 Å². The van der Waals surface area contributed by atoms with Crippen LogP contribution >= 0.6 is 34.8 Å². The molecule has 0 aromatic heterocycles. The first-order chi connectivity index (χ1) is 18.0. The van der Waals surface area contributed by atoms with Gasteiger partial charge in [0.1, 0.15) is 0 Å². The molecular formula is C25H24Cl3N3O5S2. The fraction of sp³-hybridized carbons (Fsp3) is 0.240. The third-order valence-corrected chi connectivity index (χ3v) is 10.4. The largest absolute Gasteiger partial charge is 0.326 e. The number of anilines is 2. The zero-order valence-corrected chi connectivity index (χ0v) is 23.8. The summed E-state index contributed by atoms with van der Waals surface area (Å²) in [6.07, 6.45) is 0.686. The van der Waals surface area contributed by atoms with E-state index < -0.39 is 26.0 Å². The number of rotatable bonds is 8. The minimum absolute atomic E-state index is 0.00700. The van der Waals surface area contributed by atoms with Gasteiger partial charge in [0.15, 0.2) is 0 Å². The zero-order chi connectivity index (χ0) is 27.5. The topological polar surface area (TPSA) is 113 Å². The molecule has 3 aromatic carbocycles. The van der Waals surface area contributed by atoms with Gasteiger partial charge in [0.2, 0.25) is 15.9 Å². The molecule has 0 unspecified atom stereocenters. The summed E-state index contributed by atoms with van der Waals surface area (Å²) in [5.74, 6) is -0.972. The van der Waals surface area contributed by atoms with E-state index in [1.165, 1.54) is 28.6 Å². The molecule has 0 aliphatic carbocycles. The summed E-state index contributed by atoms with van der Waals surface area (Å²) in [5.41, 5.74) is 1.04. The molecule has 1 heterocycles. The number of piperidine rings is 1. The SMILES string of the molecule is O=C(Nc1ccc(S(=O)(=O)Nc2ccccc2Cl)cc1)C1CCN(S(=O)(=O)Cc2c(Cl)cccc2Cl)CC1. The second-order valence-electron chi connectivity index (χ2n) is 8.73. The minimum atomic E-state index is -3.88. The molecule has 1 aliphatic heterocycles. The Morgan fingerprint density at radius 1 is 0.816 bits per heavy atom. The average molecular weight is 617 g/mol. The molecule has 2 N–H and O–H groups in total. The lowest BCUT2D eigenvalue weighted by atomic mass is 9.97. The van der Waals surface area contributed by atoms with Crippen LogP contribution in [0.15, 0.2) is 71.6 Å². The van der Waals surface area contributed by atoms with Crippen molar-refractivity contribution >= 4 is 72.1 Å². The first-order valence-corrected chi connectivity index (χ1v) is 15.8. The van der Waals surface area contributed by atoms with Gasteiger partial charge in [-0.15, -0.1) is 0 Å². The van der Waals surface area contributed by atoms with Gasteiger partial charge in [-0.05, 0) is 61.4 Å². The molecule has 0 saturated carbocycles. The van der Waals surface area contributed by atoms with Crippen LogP contribution in [0.4, 0.5) is 11.4 Å². The lowest BCUT2D eigenvalue weighted by Gasteiger charge is -2.30. The minimum Gasteiger partial charge on any atom is -0.326 e. The molecule has 13 heteroatoms. The van der Waals surface area contributed by atoms with Crippen LogP contribution in [0.3, 0.4) is 0 Å². The second-order valence-corrected chi connectivity index (χ2v) is 13.6. The maximum atomic E-state index is 12.9. The quantitative estimate of drug-likeness (QED) is 0.341. The third-order valence-electron chi connectivity index (χ3n) is 6.16. The van der Waals surface area contributed by atoms with E-state index in [1.54, 1.807) is 42.5 Å². The molecule has 1 aliphatic rings. The smallest absolute Gasteiger partial charge is 0.261 e. The first kappa shape index (κ1) is 28.7. The molecule has 0 radical (unpaired) electrons. The van der Waals surface area contributed by atoms with Gasteiger partial charge in [0.25, 0.3) is 10.0 Å². The molecule has 0 atom stereocenters. The van der Waals surface area contributed by atoms with Crippen molar-refractivity contribution < 1.29 is 21.6 Å². The van der Waals surface area contributed by atoms with Crippen LogP contribution in [0, 0.1) is 5.92 Å². The molecular weight excluding hydrogens is 593 g/mol. The molecule has 0 spiro atoms. The Kier molecular flexibility index (Phi) is 8.91. The molecule has 4 rings (SSSR count). The summed E-state index contributed by atoms with van der Waals surface area (Å²) in [7, 11) is -7.55. The standard InChI is InChI=1S/C25H24Cl3N3O5S2/c26-21-5-3-6-22(27)20(21)16-37(33,34)31-14-12-17(13-15-31)25(32)29-18-8-10-19(11-9-18)38(35,36)30-24-7-2-1-4-23(24)28/h1-11,17,30H,12-16H2,(H,29,32). The highest BCUT2D eigenvalue weighted by atomic mass is 35.5. The predicted octanol–water partition coefficient (Wildman–Crippen LogP) is 5.63. The number of nitrogens with one attached hydrogen (secondary N) is 2. The highest BCUT2D eigenvalue weighted by molar-refractivity contribution is 7.92. The molecule has 1 fully saturated rings. The van der Waals surface area contributed by atoms with E-state index >= 15 is 0 Å². The Bertz CT molecular complexity index is 1520. The molecule has 1 amide bonds. The van der Waals surface area contributed by atoms with Gasteiger partial charge in [-0.3, -0.25) is 9.52 Å². The lowest BCUT2D eigenvalue weighted by molar-refractivity contribution is -0.120. The van der Waals surface area contributed by atoms with Gasteiger partial charge in [-0.1, -0.05) is 53.0 Å². The number of carbonyl (C=O) groups is 1. The normalized spacial score (nSPS) is 15.2. The fourth-order valence-corrected chi connectivity index (χ4v) is 7.68. The Hall–Kier alpha value is -2.34. The van der Waals surface area contributed by atoms with E-state index in [-0.39, 0.29) is 50.4 Å². The van der Waals surface area contributed by atoms with E-state index in [0.29, 0.717) is 24.1 Å². The summed E-state index contributed by atoms with van der Waals surface area (Å²) in [6, 6.07) is 17.1. The van der Waals surface area contributed by atoms with E-state index in [4.69, 9.17) is 34.8 Å². The Morgan fingerprint density at radius 2 is 1.39 bits per heavy atom. The summed E-state index contributed by atoms with van der Waals surface area (Å²) in [6.45, 7) is 0.376. The fourth-order valence-electron chi connectivity index (χ4n) is 4.05. The van der Waals surface area contributed by atoms with Gasteiger partial charge in [0, 0.05) is 40.3 Å². The van der Waals surface area contributed by atoms with Crippen LogP contribution in [-0.4, -0.2) is 40.1 Å². The molecule has 3 aromatic rings. The number of sulfonamides is 2. The molecule has 8 nitrogen and oxygen atoms in total. The highest BCUT2D eigenvalue weighted by Crippen LogP contribution is 2.29. The van der Waals surface area contributed by atoms with E-state index in [2.05, 4.69) is 10.0 Å². The molecule has 0 bridgehead atoms. The molecule has 38 heavy (non-hydrogen) atoms. The number of halogens is 3. The van der Waals surface area contributed by atoms with Crippen LogP contribution in [0.25, 0.3) is 0 Å². The average Bonchev–Trinajstić information content (AvgIpc) is 2.88. The monoisotopic (exact) mass is 615 g/mol. The highest BCUT2D eigenvalue weighted by Gasteiger charge is 2.32. The second kappa shape index (κ2) is 11.8. The number of nitrogens with zero attached hydrogens (tertiary/aromatic N) is 1. The number of hydrogen-bond acceptors (Lipinski definition) is 5. The van der Waals surface area contributed by atoms with Gasteiger partial charge in [-0.25, -0.2) is 21.1 Å². The van der Waals surface area contributed by atoms with Crippen LogP contribution < -0.4 is 10.0 Å². The van der Waals surface area contributed by atoms with Crippen LogP contribution in [0.5, 0.6) is 0 Å². The van der Waals surface area contributed by atoms with Crippen LogP contribution in [0.1, 0.15) is 18.4 Å². The van der Waals surface area contributed by atoms with Crippen LogP contribution in [-0.2, 0) is 30.6 Å². The summed E-state index contributed by atoms with van der Waals surface area (Å²) in [5, 5.41) is 3.62. The number of amides is 1. The predicted molar refractivity (Wildman–Crippen MR) is 151 cm³/mol. The maximum Gasteiger partial charge on any atom is 0.261 e. The zero-order valence-electron chi connectivity index (χ0n) is 19.9. The summed E-state index contributed by atoms with van der Waals surface area (Å²) < 4.78 is 55.0. The Labute approximate surface area is 237 Å². The van der Waals surface area contributed by atoms with Crippen LogP contribution in [0.2, 0.25) is 15.1 Å². The van der Waals surface area contributed by atoms with Crippen molar-refractivity contribution in [2.45, 2.75) is 23.5 Å². The van der Waals surface area contributed by atoms with Crippen molar-refractivity contribution in [3.05, 3.63) is 87.4 Å². The van der Waals surface area contributed by atoms with Crippen molar-refractivity contribution in [2.75, 3.05) is 23.1 Å².